The maximum absolute atomic E-state index is 10.4. The van der Waals surface area contributed by atoms with E-state index in [1.807, 2.05) is 30.3 Å². The summed E-state index contributed by atoms with van der Waals surface area (Å²) >= 11 is 0. The van der Waals surface area contributed by atoms with Gasteiger partial charge in [0.2, 0.25) is 0 Å². The second-order valence-corrected chi connectivity index (χ2v) is 7.94. The Morgan fingerprint density at radius 3 is 2.70 bits per heavy atom. The molecule has 0 saturated carbocycles. The van der Waals surface area contributed by atoms with E-state index in [4.69, 9.17) is 18.9 Å². The lowest BCUT2D eigenvalue weighted by atomic mass is 9.89. The molecule has 1 aromatic carbocycles. The van der Waals surface area contributed by atoms with Gasteiger partial charge in [-0.05, 0) is 32.1 Å². The maximum atomic E-state index is 10.4. The fourth-order valence-electron chi connectivity index (χ4n) is 4.33. The van der Waals surface area contributed by atoms with Crippen LogP contribution in [0.4, 0.5) is 0 Å². The van der Waals surface area contributed by atoms with E-state index in [0.717, 1.165) is 24.8 Å². The van der Waals surface area contributed by atoms with Gasteiger partial charge in [-0.15, -0.1) is 0 Å². The highest BCUT2D eigenvalue weighted by molar-refractivity contribution is 5.17. The number of allylic oxidation sites excluding steroid dienone is 2. The van der Waals surface area contributed by atoms with E-state index in [1.165, 1.54) is 0 Å². The number of benzene rings is 1. The molecule has 0 radical (unpaired) electrons. The first-order valence-corrected chi connectivity index (χ1v) is 10.1. The lowest BCUT2D eigenvalue weighted by Gasteiger charge is -2.48. The van der Waals surface area contributed by atoms with Crippen molar-refractivity contribution in [3.63, 3.8) is 0 Å². The van der Waals surface area contributed by atoms with Crippen LogP contribution in [-0.4, -0.2) is 42.4 Å². The molecule has 0 bridgehead atoms. The summed E-state index contributed by atoms with van der Waals surface area (Å²) < 4.78 is 24.7. The van der Waals surface area contributed by atoms with Crippen LogP contribution in [0, 0.1) is 11.8 Å². The summed E-state index contributed by atoms with van der Waals surface area (Å²) in [6, 6.07) is 9.81. The summed E-state index contributed by atoms with van der Waals surface area (Å²) in [4.78, 5) is 0. The minimum absolute atomic E-state index is 0.253. The average molecular weight is 374 g/mol. The van der Waals surface area contributed by atoms with Crippen LogP contribution in [0.1, 0.15) is 45.0 Å². The van der Waals surface area contributed by atoms with Gasteiger partial charge >= 0.3 is 0 Å². The van der Waals surface area contributed by atoms with E-state index < -0.39 is 18.5 Å². The Kier molecular flexibility index (Phi) is 5.95. The summed E-state index contributed by atoms with van der Waals surface area (Å²) in [6.07, 6.45) is 5.36. The zero-order valence-corrected chi connectivity index (χ0v) is 16.1. The first-order chi connectivity index (χ1) is 13.1. The topological polar surface area (TPSA) is 57.2 Å². The smallest absolute Gasteiger partial charge is 0.184 e. The van der Waals surface area contributed by atoms with Crippen LogP contribution in [0.2, 0.25) is 0 Å². The van der Waals surface area contributed by atoms with Gasteiger partial charge in [-0.25, -0.2) is 0 Å². The third kappa shape index (κ3) is 4.13. The van der Waals surface area contributed by atoms with Gasteiger partial charge in [-0.2, -0.15) is 0 Å². The molecule has 1 N–H and O–H groups in total. The fraction of sp³-hybridized carbons (Fsp3) is 0.636. The zero-order chi connectivity index (χ0) is 18.8. The molecule has 2 fully saturated rings. The largest absolute Gasteiger partial charge is 0.391 e. The second kappa shape index (κ2) is 8.41. The van der Waals surface area contributed by atoms with Gasteiger partial charge in [0, 0.05) is 11.5 Å². The monoisotopic (exact) mass is 374 g/mol. The molecule has 5 heteroatoms. The number of hydrogen-bond donors (Lipinski definition) is 1. The molecule has 0 spiro atoms. The van der Waals surface area contributed by atoms with Crippen molar-refractivity contribution < 1.29 is 24.1 Å². The predicted octanol–water partition coefficient (Wildman–Crippen LogP) is 3.58. The Morgan fingerprint density at radius 1 is 1.11 bits per heavy atom. The number of fused-ring (bicyclic) bond motifs is 1. The summed E-state index contributed by atoms with van der Waals surface area (Å²) in [6.45, 7) is 4.43. The van der Waals surface area contributed by atoms with Gasteiger partial charge in [0.25, 0.3) is 0 Å². The highest BCUT2D eigenvalue weighted by atomic mass is 16.8. The summed E-state index contributed by atoms with van der Waals surface area (Å²) in [5.74, 6) is 0.716. The maximum Gasteiger partial charge on any atom is 0.184 e. The quantitative estimate of drug-likeness (QED) is 0.820. The molecular weight excluding hydrogens is 344 g/mol. The van der Waals surface area contributed by atoms with Crippen molar-refractivity contribution in [1.29, 1.82) is 0 Å². The van der Waals surface area contributed by atoms with Gasteiger partial charge in [-0.3, -0.25) is 0 Å². The van der Waals surface area contributed by atoms with Crippen LogP contribution in [0.3, 0.4) is 0 Å². The van der Waals surface area contributed by atoms with Crippen LogP contribution in [-0.2, 0) is 18.9 Å². The highest BCUT2D eigenvalue weighted by Crippen LogP contribution is 2.39. The normalized spacial score (nSPS) is 40.8. The molecule has 8 atom stereocenters. The van der Waals surface area contributed by atoms with Crippen LogP contribution in [0.25, 0.3) is 0 Å². The number of hydrogen-bond acceptors (Lipinski definition) is 5. The SMILES string of the molecule is CC(O)C1OC(c2ccccc2)OC2COC(C3CCCC=CC3C)OC21. The fourth-order valence-corrected chi connectivity index (χ4v) is 4.33. The number of rotatable bonds is 3. The van der Waals surface area contributed by atoms with E-state index >= 15 is 0 Å². The highest BCUT2D eigenvalue weighted by Gasteiger charge is 2.48. The minimum Gasteiger partial charge on any atom is -0.391 e. The number of aliphatic hydroxyl groups is 1. The van der Waals surface area contributed by atoms with E-state index in [9.17, 15) is 5.11 Å². The molecule has 8 unspecified atom stereocenters. The van der Waals surface area contributed by atoms with E-state index in [-0.39, 0.29) is 18.5 Å². The van der Waals surface area contributed by atoms with Crippen molar-refractivity contribution >= 4 is 0 Å². The number of ether oxygens (including phenoxy) is 4. The molecule has 148 valence electrons. The van der Waals surface area contributed by atoms with Crippen LogP contribution >= 0.6 is 0 Å². The first kappa shape index (κ1) is 19.1. The summed E-state index contributed by atoms with van der Waals surface area (Å²) in [5, 5.41) is 10.4. The van der Waals surface area contributed by atoms with Crippen molar-refractivity contribution in [3.8, 4) is 0 Å². The van der Waals surface area contributed by atoms with Crippen LogP contribution in [0.15, 0.2) is 42.5 Å². The molecule has 5 nitrogen and oxygen atoms in total. The van der Waals surface area contributed by atoms with Gasteiger partial charge in [-0.1, -0.05) is 49.4 Å². The Morgan fingerprint density at radius 2 is 1.93 bits per heavy atom. The molecule has 2 heterocycles. The van der Waals surface area contributed by atoms with Crippen LogP contribution < -0.4 is 0 Å². The van der Waals surface area contributed by atoms with Crippen molar-refractivity contribution in [2.45, 2.75) is 70.1 Å². The average Bonchev–Trinajstić information content (AvgIpc) is 2.91. The second-order valence-electron chi connectivity index (χ2n) is 7.94. The Balaban J connectivity index is 1.50. The third-order valence-corrected chi connectivity index (χ3v) is 5.91. The first-order valence-electron chi connectivity index (χ1n) is 10.1. The van der Waals surface area contributed by atoms with Crippen molar-refractivity contribution in [3.05, 3.63) is 48.0 Å². The van der Waals surface area contributed by atoms with Crippen LogP contribution in [0.5, 0.6) is 0 Å². The summed E-state index contributed by atoms with van der Waals surface area (Å²) in [7, 11) is 0. The molecular formula is C22H30O5. The van der Waals surface area contributed by atoms with E-state index in [1.54, 1.807) is 6.92 Å². The van der Waals surface area contributed by atoms with Gasteiger partial charge in [0.15, 0.2) is 12.6 Å². The van der Waals surface area contributed by atoms with Crippen molar-refractivity contribution in [1.82, 2.24) is 0 Å². The Bertz CT molecular complexity index is 631. The molecule has 1 aliphatic carbocycles. The summed E-state index contributed by atoms with van der Waals surface area (Å²) in [5.41, 5.74) is 0.936. The Labute approximate surface area is 161 Å². The molecule has 2 saturated heterocycles. The molecule has 0 aromatic heterocycles. The van der Waals surface area contributed by atoms with E-state index in [2.05, 4.69) is 19.1 Å². The van der Waals surface area contributed by atoms with Gasteiger partial charge in [0.05, 0.1) is 12.7 Å². The lowest BCUT2D eigenvalue weighted by molar-refractivity contribution is -0.377. The Hall–Kier alpha value is -1.24. The van der Waals surface area contributed by atoms with Gasteiger partial charge in [0.1, 0.15) is 18.3 Å². The predicted molar refractivity (Wildman–Crippen MR) is 101 cm³/mol. The number of aliphatic hydroxyl groups excluding tert-OH is 1. The van der Waals surface area contributed by atoms with Crippen molar-refractivity contribution in [2.24, 2.45) is 11.8 Å². The molecule has 3 aliphatic rings. The zero-order valence-electron chi connectivity index (χ0n) is 16.1. The third-order valence-electron chi connectivity index (χ3n) is 5.91. The van der Waals surface area contributed by atoms with Gasteiger partial charge < -0.3 is 24.1 Å². The lowest BCUT2D eigenvalue weighted by Crippen LogP contribution is -2.59. The molecule has 0 amide bonds. The standard InChI is InChI=1S/C22H30O5/c1-14-9-5-3-8-12-17(14)22-24-13-18-20(27-22)19(15(2)23)26-21(25-18)16-10-6-4-7-11-16/h4-7,9-11,14-15,17-23H,3,8,12-13H2,1-2H3. The molecule has 27 heavy (non-hydrogen) atoms. The minimum atomic E-state index is -0.655. The molecule has 2 aliphatic heterocycles. The van der Waals surface area contributed by atoms with Crippen molar-refractivity contribution in [2.75, 3.05) is 6.61 Å². The van der Waals surface area contributed by atoms with E-state index in [0.29, 0.717) is 18.4 Å². The molecule has 1 aromatic rings. The molecule has 4 rings (SSSR count).